The molecule has 10 aliphatic rings. The largest absolute Gasteiger partial charge is 0.505 e. The third-order valence-electron chi connectivity index (χ3n) is 19.4. The minimum Gasteiger partial charge on any atom is -0.505 e. The molecule has 95 heavy (non-hydrogen) atoms. The number of aliphatic hydroxyl groups is 5. The van der Waals surface area contributed by atoms with Crippen molar-refractivity contribution >= 4 is 40.9 Å². The predicted molar refractivity (Wildman–Crippen MR) is 313 cm³/mol. The van der Waals surface area contributed by atoms with Crippen LogP contribution in [-0.2, 0) is 114 Å². The summed E-state index contributed by atoms with van der Waals surface area (Å²) in [7, 11) is 5.35. The lowest BCUT2D eigenvalue weighted by Gasteiger charge is -2.49. The molecule has 0 aliphatic carbocycles. The molecule has 32 nitrogen and oxygen atoms in total. The number of hydrogen-bond acceptors (Lipinski definition) is 32. The van der Waals surface area contributed by atoms with Gasteiger partial charge in [0, 0.05) is 34.2 Å². The number of ketones is 1. The molecule has 6 N–H and O–H groups in total. The highest BCUT2D eigenvalue weighted by molar-refractivity contribution is 6.39. The molecule has 10 fully saturated rings. The Bertz CT molecular complexity index is 2890. The Labute approximate surface area is 557 Å². The summed E-state index contributed by atoms with van der Waals surface area (Å²) >= 11 is 12.5. The fourth-order valence-corrected chi connectivity index (χ4v) is 15.1. The van der Waals surface area contributed by atoms with Crippen LogP contribution < -0.4 is 4.74 Å². The summed E-state index contributed by atoms with van der Waals surface area (Å²) < 4.78 is 142. The fraction of sp³-hybridized carbons (Fsp3) is 0.852. The first-order chi connectivity index (χ1) is 44.9. The zero-order valence-corrected chi connectivity index (χ0v) is 56.5. The van der Waals surface area contributed by atoms with Gasteiger partial charge in [-0.1, -0.05) is 37.0 Å². The van der Waals surface area contributed by atoms with E-state index >= 15 is 0 Å². The zero-order chi connectivity index (χ0) is 68.9. The third kappa shape index (κ3) is 13.4. The molecule has 11 rings (SSSR count). The van der Waals surface area contributed by atoms with Gasteiger partial charge in [0.1, 0.15) is 96.2 Å². The van der Waals surface area contributed by atoms with Crippen molar-refractivity contribution in [3.63, 3.8) is 0 Å². The number of ether oxygens (including phenoxy) is 23. The maximum atomic E-state index is 13.6. The number of phenolic OH excluding ortho intramolecular Hbond substituents is 1. The maximum Gasteiger partial charge on any atom is 0.342 e. The molecule has 10 saturated heterocycles. The van der Waals surface area contributed by atoms with Crippen LogP contribution in [0.1, 0.15) is 97.5 Å². The number of benzene rings is 1. The van der Waals surface area contributed by atoms with Gasteiger partial charge in [0.25, 0.3) is 5.97 Å². The molecule has 538 valence electrons. The van der Waals surface area contributed by atoms with Crippen molar-refractivity contribution in [3.8, 4) is 11.5 Å². The van der Waals surface area contributed by atoms with Gasteiger partial charge in [-0.2, -0.15) is 0 Å². The van der Waals surface area contributed by atoms with E-state index in [4.69, 9.17) is 132 Å². The molecule has 2 unspecified atom stereocenters. The summed E-state index contributed by atoms with van der Waals surface area (Å²) in [5.74, 6) is -7.41. The Kier molecular flexibility index (Phi) is 21.9. The van der Waals surface area contributed by atoms with Crippen LogP contribution in [0.4, 0.5) is 0 Å². The number of rotatable bonds is 18. The van der Waals surface area contributed by atoms with Gasteiger partial charge in [-0.15, -0.1) is 0 Å². The van der Waals surface area contributed by atoms with Crippen LogP contribution in [0.5, 0.6) is 11.5 Å². The SMILES string of the molecule is COC[C@H]1O[C@@H](O[C@@H]2OC[C@@H]3O[C@]4(OC3[C@H]2OC(=O)C(C)C)O[C@H](C)[C@@](O)(C(C)=O)[C@@H]2OCO[C@H]24)[C@@H](OC)[C@@H](O)[C@@H]1O[C@@H]1O[C@H](C)[C@H](OC)[C@H](O[C@H]2C[C@@]3(C)OC4(C[C@@H](O)[C@H](O[C@H]5C[C@@H](O)[C@H](OC(=O)c6c(C)c(Cl)c(O)c(Cl)c6OC)[C@@H](C)O5)[C@@H](C)O4)O[C@@H]3[C@@H](C)O2)[C@H]1O. The van der Waals surface area contributed by atoms with Crippen molar-refractivity contribution < 1.29 is 154 Å². The molecule has 2 spiro atoms. The third-order valence-corrected chi connectivity index (χ3v) is 20.2. The van der Waals surface area contributed by atoms with Crippen molar-refractivity contribution in [1.29, 1.82) is 0 Å². The molecular weight excluding hydrogens is 1320 g/mol. The number of carbonyl (C=O) groups excluding carboxylic acids is 3. The van der Waals surface area contributed by atoms with Crippen molar-refractivity contribution in [2.24, 2.45) is 5.92 Å². The molecule has 0 saturated carbocycles. The summed E-state index contributed by atoms with van der Waals surface area (Å²) in [6.07, 6.45) is -32.8. The van der Waals surface area contributed by atoms with E-state index in [1.54, 1.807) is 48.5 Å². The van der Waals surface area contributed by atoms with Crippen LogP contribution in [0.2, 0.25) is 10.0 Å². The van der Waals surface area contributed by atoms with Gasteiger partial charge in [0.15, 0.2) is 66.4 Å². The van der Waals surface area contributed by atoms with Crippen molar-refractivity contribution in [2.75, 3.05) is 48.4 Å². The van der Waals surface area contributed by atoms with Gasteiger partial charge in [-0.3, -0.25) is 9.59 Å². The van der Waals surface area contributed by atoms with Gasteiger partial charge >= 0.3 is 17.9 Å². The minimum absolute atomic E-state index is 0.00299. The Morgan fingerprint density at radius 1 is 0.653 bits per heavy atom. The Balaban J connectivity index is 0.722. The molecule has 34 heteroatoms. The number of Topliss-reactive ketones (excluding diaryl/α,β-unsaturated/α-hetero) is 1. The number of aromatic hydroxyl groups is 1. The average Bonchev–Trinajstić information content (AvgIpc) is 1.59. The number of methoxy groups -OCH3 is 4. The molecule has 0 radical (unpaired) electrons. The van der Waals surface area contributed by atoms with Crippen molar-refractivity contribution in [1.82, 2.24) is 0 Å². The van der Waals surface area contributed by atoms with E-state index < -0.39 is 218 Å². The van der Waals surface area contributed by atoms with Crippen LogP contribution in [0.3, 0.4) is 0 Å². The Morgan fingerprint density at radius 2 is 1.34 bits per heavy atom. The van der Waals surface area contributed by atoms with E-state index in [9.17, 15) is 45.0 Å². The number of esters is 2. The quantitative estimate of drug-likeness (QED) is 0.112. The van der Waals surface area contributed by atoms with E-state index in [1.807, 2.05) is 0 Å². The highest BCUT2D eigenvalue weighted by atomic mass is 35.5. The summed E-state index contributed by atoms with van der Waals surface area (Å²) in [4.78, 5) is 39.8. The summed E-state index contributed by atoms with van der Waals surface area (Å²) in [6.45, 7) is 15.0. The number of halogens is 2. The second kappa shape index (κ2) is 28.4. The van der Waals surface area contributed by atoms with E-state index in [2.05, 4.69) is 0 Å². The van der Waals surface area contributed by atoms with Gasteiger partial charge in [0.2, 0.25) is 6.29 Å². The molecule has 0 bridgehead atoms. The first-order valence-corrected chi connectivity index (χ1v) is 32.5. The van der Waals surface area contributed by atoms with Crippen molar-refractivity contribution in [2.45, 2.75) is 277 Å². The second-order valence-electron chi connectivity index (χ2n) is 26.2. The molecule has 1 aromatic rings. The summed E-state index contributed by atoms with van der Waals surface area (Å²) in [5.41, 5.74) is -3.34. The van der Waals surface area contributed by atoms with Gasteiger partial charge in [0.05, 0.1) is 80.4 Å². The molecular formula is C61H88Cl2O32. The number of phenols is 1. The number of hydrogen-bond donors (Lipinski definition) is 6. The standard InChI is InChI=1S/C61H88Cl2O32/c1-21(2)53(70)87-49-45-32(92-61(93-45)52-51(78-20-79-52)60(72,27(8)64)28(9)91-61)19-77-56(49)89-57-48(76-14)39(68)44(31(83-57)18-73-11)88-55-40(69)47(43(74-12)24(5)82-55)85-34-17-58(10)50(26(7)81-34)94-59(95-58)16-30(66)42(25(6)90-59)84-33-15-29(65)41(23(4)80-33)86-54(71)35-22(3)36(62)38(67)37(63)46(35)75-13/h21,23-26,28-34,39-45,47-52,55-57,65-69,72H,15-20H2,1-14H3/t23-,24-,25-,26-,28-,29-,30-,31-,32+,33+,34+,39+,40-,41-,42-,43+,44-,45?,47-,48+,49-,50-,51-,52-,55+,56+,57+,58-,59?,60+,61-/m1/s1. The number of aliphatic hydroxyl groups excluding tert-OH is 4. The van der Waals surface area contributed by atoms with Crippen LogP contribution in [0, 0.1) is 12.8 Å². The van der Waals surface area contributed by atoms with Crippen molar-refractivity contribution in [3.05, 3.63) is 21.2 Å². The molecule has 10 heterocycles. The molecule has 0 aromatic heterocycles. The smallest absolute Gasteiger partial charge is 0.342 e. The lowest BCUT2D eigenvalue weighted by atomic mass is 9.81. The number of fused-ring (bicyclic) bond motifs is 4. The van der Waals surface area contributed by atoms with Gasteiger partial charge in [-0.05, 0) is 61.0 Å². The average molecular weight is 1400 g/mol. The minimum atomic E-state index is -2.13. The van der Waals surface area contributed by atoms with Crippen LogP contribution >= 0.6 is 23.2 Å². The van der Waals surface area contributed by atoms with E-state index in [1.165, 1.54) is 49.2 Å². The number of carbonyl (C=O) groups is 3. The molecule has 10 aliphatic heterocycles. The van der Waals surface area contributed by atoms with E-state index in [0.29, 0.717) is 0 Å². The molecule has 31 atom stereocenters. The summed E-state index contributed by atoms with van der Waals surface area (Å²) in [6, 6.07) is 0. The lowest BCUT2D eigenvalue weighted by molar-refractivity contribution is -0.428. The van der Waals surface area contributed by atoms with Gasteiger partial charge < -0.3 is 140 Å². The van der Waals surface area contributed by atoms with Crippen LogP contribution in [-0.4, -0.2) is 286 Å². The summed E-state index contributed by atoms with van der Waals surface area (Å²) in [5, 5.41) is 69.1. The molecule has 0 amide bonds. The maximum absolute atomic E-state index is 13.6. The highest BCUT2D eigenvalue weighted by Gasteiger charge is 2.73. The fourth-order valence-electron chi connectivity index (χ4n) is 14.6. The monoisotopic (exact) mass is 1400 g/mol. The lowest BCUT2D eigenvalue weighted by Crippen LogP contribution is -2.72. The van der Waals surface area contributed by atoms with Crippen LogP contribution in [0.15, 0.2) is 0 Å². The van der Waals surface area contributed by atoms with Gasteiger partial charge in [-0.25, -0.2) is 4.79 Å². The normalized spacial score (nSPS) is 47.3. The molecule has 1 aromatic carbocycles. The highest BCUT2D eigenvalue weighted by Crippen LogP contribution is 2.53. The van der Waals surface area contributed by atoms with E-state index in [0.717, 1.165) is 0 Å². The topological polar surface area (TPSA) is 385 Å². The Hall–Kier alpha value is -2.99. The predicted octanol–water partition coefficient (Wildman–Crippen LogP) is 1.05. The first-order valence-electron chi connectivity index (χ1n) is 31.7. The second-order valence-corrected chi connectivity index (χ2v) is 27.0. The Morgan fingerprint density at radius 3 is 1.99 bits per heavy atom. The first kappa shape index (κ1) is 73.2. The zero-order valence-electron chi connectivity index (χ0n) is 55.0. The van der Waals surface area contributed by atoms with E-state index in [-0.39, 0.29) is 66.2 Å². The van der Waals surface area contributed by atoms with Crippen LogP contribution in [0.25, 0.3) is 0 Å².